The van der Waals surface area contributed by atoms with Crippen molar-refractivity contribution >= 4 is 28.9 Å². The van der Waals surface area contributed by atoms with Crippen LogP contribution in [0.25, 0.3) is 16.1 Å². The second-order valence-electron chi connectivity index (χ2n) is 9.27. The molecule has 0 spiro atoms. The van der Waals surface area contributed by atoms with Gasteiger partial charge in [0.1, 0.15) is 17.5 Å². The van der Waals surface area contributed by atoms with E-state index >= 15 is 0 Å². The molecule has 0 amide bonds. The van der Waals surface area contributed by atoms with Crippen LogP contribution in [0.4, 0.5) is 11.6 Å². The van der Waals surface area contributed by atoms with Crippen molar-refractivity contribution < 1.29 is 14.3 Å². The number of aromatic nitrogens is 4. The zero-order chi connectivity index (χ0) is 25.1. The first-order valence-corrected chi connectivity index (χ1v) is 13.0. The van der Waals surface area contributed by atoms with Gasteiger partial charge in [-0.25, -0.2) is 19.4 Å². The Morgan fingerprint density at radius 1 is 1.22 bits per heavy atom. The summed E-state index contributed by atoms with van der Waals surface area (Å²) in [5, 5.41) is 10.0. The number of nitrogens with one attached hydrogen (secondary N) is 1. The standard InChI is InChI=1S/C27H29N5O3S/c1-17(2)12-20-14-24(31-32(20)19-9-10-28-25(15-19)35-21-6-4-7-21)30-26-22(27(33)34-3)13-18(16-29-26)23-8-5-11-36-23/h5,8-11,13-17,21H,4,6-7,12H2,1-3H3,(H,29,30,31). The van der Waals surface area contributed by atoms with Crippen LogP contribution in [0.3, 0.4) is 0 Å². The molecule has 186 valence electrons. The lowest BCUT2D eigenvalue weighted by Gasteiger charge is -2.25. The first-order chi connectivity index (χ1) is 17.5. The fourth-order valence-corrected chi connectivity index (χ4v) is 4.76. The molecular weight excluding hydrogens is 474 g/mol. The number of hydrogen-bond donors (Lipinski definition) is 1. The van der Waals surface area contributed by atoms with Crippen molar-refractivity contribution in [3.8, 4) is 22.0 Å². The molecule has 1 fully saturated rings. The van der Waals surface area contributed by atoms with E-state index in [0.717, 1.165) is 41.1 Å². The molecule has 0 aromatic carbocycles. The van der Waals surface area contributed by atoms with E-state index in [9.17, 15) is 4.79 Å². The molecule has 0 unspecified atom stereocenters. The topological polar surface area (TPSA) is 91.2 Å². The third kappa shape index (κ3) is 5.26. The smallest absolute Gasteiger partial charge is 0.341 e. The summed E-state index contributed by atoms with van der Waals surface area (Å²) in [5.41, 5.74) is 3.11. The van der Waals surface area contributed by atoms with Crippen LogP contribution in [-0.2, 0) is 11.2 Å². The molecule has 8 nitrogen and oxygen atoms in total. The van der Waals surface area contributed by atoms with Crippen LogP contribution in [0, 0.1) is 5.92 Å². The van der Waals surface area contributed by atoms with Crippen LogP contribution in [0.15, 0.2) is 54.2 Å². The lowest BCUT2D eigenvalue weighted by atomic mass is 9.96. The van der Waals surface area contributed by atoms with Gasteiger partial charge in [0.2, 0.25) is 5.88 Å². The quantitative estimate of drug-likeness (QED) is 0.278. The minimum Gasteiger partial charge on any atom is -0.474 e. The van der Waals surface area contributed by atoms with Gasteiger partial charge in [0.15, 0.2) is 5.82 Å². The molecule has 1 N–H and O–H groups in total. The number of hydrogen-bond acceptors (Lipinski definition) is 8. The molecule has 1 aliphatic carbocycles. The van der Waals surface area contributed by atoms with E-state index in [2.05, 4.69) is 29.1 Å². The van der Waals surface area contributed by atoms with E-state index in [4.69, 9.17) is 14.6 Å². The highest BCUT2D eigenvalue weighted by atomic mass is 32.1. The maximum absolute atomic E-state index is 12.6. The summed E-state index contributed by atoms with van der Waals surface area (Å²) in [6.45, 7) is 4.34. The van der Waals surface area contributed by atoms with Gasteiger partial charge in [-0.2, -0.15) is 0 Å². The number of nitrogens with zero attached hydrogens (tertiary/aromatic N) is 4. The molecule has 4 aromatic rings. The van der Waals surface area contributed by atoms with E-state index in [-0.39, 0.29) is 6.10 Å². The summed E-state index contributed by atoms with van der Waals surface area (Å²) in [6, 6.07) is 11.6. The zero-order valence-electron chi connectivity index (χ0n) is 20.6. The highest BCUT2D eigenvalue weighted by Gasteiger charge is 2.21. The van der Waals surface area contributed by atoms with Crippen molar-refractivity contribution in [2.75, 3.05) is 12.4 Å². The first kappa shape index (κ1) is 24.0. The van der Waals surface area contributed by atoms with Crippen LogP contribution in [0.5, 0.6) is 5.88 Å². The summed E-state index contributed by atoms with van der Waals surface area (Å²) in [4.78, 5) is 22.6. The summed E-state index contributed by atoms with van der Waals surface area (Å²) in [5.74, 6) is 1.56. The van der Waals surface area contributed by atoms with Gasteiger partial charge >= 0.3 is 5.97 Å². The number of carbonyl (C=O) groups is 1. The third-order valence-corrected chi connectivity index (χ3v) is 6.97. The zero-order valence-corrected chi connectivity index (χ0v) is 21.4. The summed E-state index contributed by atoms with van der Waals surface area (Å²) < 4.78 is 12.9. The van der Waals surface area contributed by atoms with E-state index in [1.165, 1.54) is 13.5 Å². The molecule has 9 heteroatoms. The molecular formula is C27H29N5O3S. The van der Waals surface area contributed by atoms with Gasteiger partial charge in [-0.3, -0.25) is 0 Å². The summed E-state index contributed by atoms with van der Waals surface area (Å²) >= 11 is 1.59. The normalized spacial score (nSPS) is 13.4. The van der Waals surface area contributed by atoms with Crippen LogP contribution in [0.1, 0.15) is 49.2 Å². The Bertz CT molecular complexity index is 1350. The molecule has 4 aromatic heterocycles. The fraction of sp³-hybridized carbons (Fsp3) is 0.333. The van der Waals surface area contributed by atoms with Gasteiger partial charge < -0.3 is 14.8 Å². The number of methoxy groups -OCH3 is 1. The van der Waals surface area contributed by atoms with Crippen molar-refractivity contribution in [3.63, 3.8) is 0 Å². The minimum absolute atomic E-state index is 0.248. The molecule has 36 heavy (non-hydrogen) atoms. The largest absolute Gasteiger partial charge is 0.474 e. The van der Waals surface area contributed by atoms with Gasteiger partial charge in [-0.15, -0.1) is 16.4 Å². The number of ether oxygens (including phenoxy) is 2. The lowest BCUT2D eigenvalue weighted by Crippen LogP contribution is -2.25. The predicted molar refractivity (Wildman–Crippen MR) is 140 cm³/mol. The Morgan fingerprint density at radius 2 is 2.08 bits per heavy atom. The average molecular weight is 504 g/mol. The SMILES string of the molecule is COC(=O)c1cc(-c2cccs2)cnc1Nc1cc(CC(C)C)n(-c2ccnc(OC3CCC3)c2)n1. The van der Waals surface area contributed by atoms with E-state index in [1.54, 1.807) is 29.8 Å². The number of pyridine rings is 2. The highest BCUT2D eigenvalue weighted by Crippen LogP contribution is 2.30. The fourth-order valence-electron chi connectivity index (χ4n) is 4.05. The van der Waals surface area contributed by atoms with Gasteiger partial charge in [0.05, 0.1) is 12.8 Å². The van der Waals surface area contributed by atoms with E-state index in [0.29, 0.717) is 29.0 Å². The third-order valence-electron chi connectivity index (χ3n) is 6.05. The second-order valence-corrected chi connectivity index (χ2v) is 10.2. The van der Waals surface area contributed by atoms with Gasteiger partial charge in [0, 0.05) is 40.7 Å². The van der Waals surface area contributed by atoms with Crippen LogP contribution < -0.4 is 10.1 Å². The minimum atomic E-state index is -0.461. The highest BCUT2D eigenvalue weighted by molar-refractivity contribution is 7.13. The molecule has 0 aliphatic heterocycles. The maximum atomic E-state index is 12.6. The Balaban J connectivity index is 1.47. The molecule has 4 heterocycles. The number of carbonyl (C=O) groups excluding carboxylic acids is 1. The second kappa shape index (κ2) is 10.5. The van der Waals surface area contributed by atoms with Crippen LogP contribution >= 0.6 is 11.3 Å². The number of rotatable bonds is 9. The number of anilines is 2. The number of thiophene rings is 1. The van der Waals surface area contributed by atoms with Crippen molar-refractivity contribution in [1.82, 2.24) is 19.7 Å². The first-order valence-electron chi connectivity index (χ1n) is 12.1. The van der Waals surface area contributed by atoms with Crippen molar-refractivity contribution in [2.45, 2.75) is 45.6 Å². The van der Waals surface area contributed by atoms with Crippen molar-refractivity contribution in [1.29, 1.82) is 0 Å². The molecule has 0 atom stereocenters. The molecule has 0 radical (unpaired) electrons. The van der Waals surface area contributed by atoms with Crippen molar-refractivity contribution in [3.05, 3.63) is 65.4 Å². The maximum Gasteiger partial charge on any atom is 0.341 e. The van der Waals surface area contributed by atoms with E-state index in [1.807, 2.05) is 40.4 Å². The summed E-state index contributed by atoms with van der Waals surface area (Å²) in [6.07, 6.45) is 7.91. The summed E-state index contributed by atoms with van der Waals surface area (Å²) in [7, 11) is 1.37. The predicted octanol–water partition coefficient (Wildman–Crippen LogP) is 6.05. The Labute approximate surface area is 214 Å². The molecule has 1 aliphatic rings. The Morgan fingerprint density at radius 3 is 2.78 bits per heavy atom. The Hall–Kier alpha value is -3.72. The molecule has 5 rings (SSSR count). The van der Waals surface area contributed by atoms with Crippen LogP contribution in [0.2, 0.25) is 0 Å². The van der Waals surface area contributed by atoms with Crippen molar-refractivity contribution in [2.24, 2.45) is 5.92 Å². The molecule has 0 saturated heterocycles. The number of esters is 1. The monoisotopic (exact) mass is 503 g/mol. The Kier molecular flexibility index (Phi) is 6.99. The van der Waals surface area contributed by atoms with Gasteiger partial charge in [0.25, 0.3) is 0 Å². The van der Waals surface area contributed by atoms with E-state index < -0.39 is 5.97 Å². The molecule has 1 saturated carbocycles. The lowest BCUT2D eigenvalue weighted by molar-refractivity contribution is 0.0601. The molecule has 0 bridgehead atoms. The van der Waals surface area contributed by atoms with Crippen LogP contribution in [-0.4, -0.2) is 38.9 Å². The van der Waals surface area contributed by atoms with Gasteiger partial charge in [-0.05, 0) is 55.2 Å². The van der Waals surface area contributed by atoms with Gasteiger partial charge in [-0.1, -0.05) is 19.9 Å². The average Bonchev–Trinajstić information content (AvgIpc) is 3.52.